The van der Waals surface area contributed by atoms with E-state index < -0.39 is 52.5 Å². The zero-order valence-electron chi connectivity index (χ0n) is 25.5. The molecule has 2 fully saturated rings. The van der Waals surface area contributed by atoms with Crippen molar-refractivity contribution in [3.8, 4) is 0 Å². The fourth-order valence-electron chi connectivity index (χ4n) is 5.69. The normalized spacial score (nSPS) is 18.7. The summed E-state index contributed by atoms with van der Waals surface area (Å²) in [5, 5.41) is 0.849. The molecule has 1 atom stereocenters. The Morgan fingerprint density at radius 1 is 1.11 bits per heavy atom. The van der Waals surface area contributed by atoms with Crippen LogP contribution in [0.2, 0.25) is 5.02 Å². The zero-order valence-corrected chi connectivity index (χ0v) is 27.1. The number of hydrogen-bond acceptors (Lipinski definition) is 7. The smallest absolute Gasteiger partial charge is 0.416 e. The molecule has 2 saturated heterocycles. The van der Waals surface area contributed by atoms with Gasteiger partial charge in [-0.25, -0.2) is 9.59 Å². The van der Waals surface area contributed by atoms with Gasteiger partial charge in [-0.05, 0) is 87.2 Å². The third kappa shape index (κ3) is 7.10. The van der Waals surface area contributed by atoms with Gasteiger partial charge in [0.2, 0.25) is 5.36 Å². The highest BCUT2D eigenvalue weighted by molar-refractivity contribution is 8.18. The molecule has 9 nitrogen and oxygen atoms in total. The summed E-state index contributed by atoms with van der Waals surface area (Å²) in [4.78, 5) is 54.7. The number of hydrogen-bond donors (Lipinski definition) is 0. The average Bonchev–Trinajstić information content (AvgIpc) is 3.23. The minimum atomic E-state index is -4.55. The number of halogens is 4. The second kappa shape index (κ2) is 12.7. The maximum absolute atomic E-state index is 13.5. The summed E-state index contributed by atoms with van der Waals surface area (Å²) >= 11 is 6.51. The van der Waals surface area contributed by atoms with Crippen molar-refractivity contribution in [3.63, 3.8) is 0 Å². The maximum Gasteiger partial charge on any atom is 0.416 e. The summed E-state index contributed by atoms with van der Waals surface area (Å²) in [5.74, 6) is -1.77. The standard InChI is InChI=1S/C32H32ClF3N3O6S/c1-31(2,3)45-29(42)37-11-9-19(10-12-37)26(28(41)44-4)39-27(40)25(46-30(39)43)14-18-5-8-24-21(13-18)17-38(24)16-20-6-7-22(33)15-23(20)32(34,35)36/h5-8,13-15,17,19,26H,9-12,16H2,1-4H3/q+1/b25-14-. The Morgan fingerprint density at radius 3 is 2.41 bits per heavy atom. The molecule has 0 bridgehead atoms. The van der Waals surface area contributed by atoms with E-state index in [0.717, 1.165) is 16.2 Å². The van der Waals surface area contributed by atoms with Crippen molar-refractivity contribution in [2.75, 3.05) is 20.2 Å². The highest BCUT2D eigenvalue weighted by Gasteiger charge is 2.47. The summed E-state index contributed by atoms with van der Waals surface area (Å²) in [6, 6.07) is 7.71. The maximum atomic E-state index is 13.5. The lowest BCUT2D eigenvalue weighted by atomic mass is 9.88. The minimum absolute atomic E-state index is 0.000362. The number of amides is 3. The molecule has 2 aromatic rings. The first-order valence-corrected chi connectivity index (χ1v) is 15.7. The summed E-state index contributed by atoms with van der Waals surface area (Å²) in [6.45, 7) is 5.87. The molecule has 3 aliphatic rings. The van der Waals surface area contributed by atoms with Crippen molar-refractivity contribution in [1.29, 1.82) is 0 Å². The quantitative estimate of drug-likeness (QED) is 0.240. The van der Waals surface area contributed by atoms with E-state index in [0.29, 0.717) is 35.5 Å². The summed E-state index contributed by atoms with van der Waals surface area (Å²) in [7, 11) is 1.19. The van der Waals surface area contributed by atoms with Crippen molar-refractivity contribution in [1.82, 2.24) is 14.4 Å². The van der Waals surface area contributed by atoms with Gasteiger partial charge in [0, 0.05) is 29.7 Å². The first-order chi connectivity index (χ1) is 21.6. The molecule has 0 radical (unpaired) electrons. The van der Waals surface area contributed by atoms with Gasteiger partial charge in [-0.2, -0.15) is 17.7 Å². The molecule has 46 heavy (non-hydrogen) atoms. The molecule has 0 aliphatic carbocycles. The lowest BCUT2D eigenvalue weighted by Gasteiger charge is -2.37. The van der Waals surface area contributed by atoms with Crippen LogP contribution in [0.15, 0.2) is 41.3 Å². The van der Waals surface area contributed by atoms with Crippen LogP contribution in [0.25, 0.3) is 12.3 Å². The van der Waals surface area contributed by atoms with Crippen LogP contribution in [-0.2, 0) is 31.8 Å². The largest absolute Gasteiger partial charge is 0.467 e. The average molecular weight is 679 g/mol. The Labute approximate surface area is 272 Å². The summed E-state index contributed by atoms with van der Waals surface area (Å²) in [6.07, 6.45) is -1.06. The summed E-state index contributed by atoms with van der Waals surface area (Å²) < 4.78 is 52.8. The number of likely N-dealkylation sites (tertiary alicyclic amines) is 1. The number of rotatable bonds is 6. The van der Waals surface area contributed by atoms with Gasteiger partial charge in [-0.15, -0.1) is 0 Å². The van der Waals surface area contributed by atoms with E-state index in [1.54, 1.807) is 55.8 Å². The first kappa shape index (κ1) is 33.5. The van der Waals surface area contributed by atoms with E-state index in [1.165, 1.54) is 24.1 Å². The molecular weight excluding hydrogens is 647 g/mol. The zero-order chi connectivity index (χ0) is 33.6. The highest BCUT2D eigenvalue weighted by atomic mass is 35.5. The lowest BCUT2D eigenvalue weighted by molar-refractivity contribution is -0.151. The van der Waals surface area contributed by atoms with E-state index in [4.69, 9.17) is 21.1 Å². The number of ether oxygens (including phenoxy) is 2. The Morgan fingerprint density at radius 2 is 1.80 bits per heavy atom. The van der Waals surface area contributed by atoms with Crippen LogP contribution in [0, 0.1) is 5.92 Å². The van der Waals surface area contributed by atoms with Crippen LogP contribution in [0.1, 0.15) is 50.3 Å². The molecule has 2 aromatic carbocycles. The van der Waals surface area contributed by atoms with Crippen molar-refractivity contribution in [2.45, 2.75) is 58.0 Å². The number of imide groups is 1. The number of fused-ring (bicyclic) bond motifs is 1. The number of piperidine rings is 1. The van der Waals surface area contributed by atoms with Crippen LogP contribution >= 0.6 is 23.4 Å². The lowest BCUT2D eigenvalue weighted by Crippen LogP contribution is -2.52. The van der Waals surface area contributed by atoms with Crippen LogP contribution in [0.4, 0.5) is 22.8 Å². The first-order valence-electron chi connectivity index (χ1n) is 14.5. The third-order valence-electron chi connectivity index (χ3n) is 7.85. The van der Waals surface area contributed by atoms with Crippen LogP contribution in [0.3, 0.4) is 0 Å². The fourth-order valence-corrected chi connectivity index (χ4v) is 6.72. The molecule has 3 heterocycles. The molecule has 0 aromatic heterocycles. The van der Waals surface area contributed by atoms with Gasteiger partial charge in [-0.3, -0.25) is 14.5 Å². The van der Waals surface area contributed by atoms with Gasteiger partial charge in [0.15, 0.2) is 12.7 Å². The van der Waals surface area contributed by atoms with Crippen molar-refractivity contribution in [2.24, 2.45) is 5.92 Å². The number of benzene rings is 2. The van der Waals surface area contributed by atoms with Gasteiger partial charge in [0.1, 0.15) is 16.9 Å². The number of methoxy groups -OCH3 is 1. The van der Waals surface area contributed by atoms with E-state index in [2.05, 4.69) is 0 Å². The molecule has 3 amide bonds. The molecule has 0 N–H and O–H groups in total. The number of carbonyl (C=O) groups excluding carboxylic acids is 4. The molecule has 1 unspecified atom stereocenters. The van der Waals surface area contributed by atoms with Crippen LogP contribution < -0.4 is 15.2 Å². The van der Waals surface area contributed by atoms with E-state index >= 15 is 0 Å². The Bertz CT molecular complexity index is 1760. The highest BCUT2D eigenvalue weighted by Crippen LogP contribution is 2.38. The monoisotopic (exact) mass is 678 g/mol. The number of carbonyl (C=O) groups is 4. The predicted octanol–water partition coefficient (Wildman–Crippen LogP) is 5.03. The van der Waals surface area contributed by atoms with Crippen LogP contribution in [-0.4, -0.2) is 64.9 Å². The van der Waals surface area contributed by atoms with Gasteiger partial charge >= 0.3 is 18.2 Å². The number of thioether (sulfide) groups is 1. The van der Waals surface area contributed by atoms with E-state index in [-0.39, 0.29) is 35.1 Å². The number of nitrogens with zero attached hydrogens (tertiary/aromatic N) is 3. The van der Waals surface area contributed by atoms with Crippen LogP contribution in [0.5, 0.6) is 0 Å². The third-order valence-corrected chi connectivity index (χ3v) is 8.97. The predicted molar refractivity (Wildman–Crippen MR) is 166 cm³/mol. The van der Waals surface area contributed by atoms with Gasteiger partial charge in [-0.1, -0.05) is 17.7 Å². The van der Waals surface area contributed by atoms with E-state index in [1.807, 2.05) is 0 Å². The second-order valence-electron chi connectivity index (χ2n) is 12.2. The molecule has 0 saturated carbocycles. The summed E-state index contributed by atoms with van der Waals surface area (Å²) in [5.41, 5.74) is -0.783. The molecule has 0 spiro atoms. The van der Waals surface area contributed by atoms with E-state index in [9.17, 15) is 32.3 Å². The SMILES string of the molecule is COC(=O)C(C1CCN(C(=O)OC(C)(C)C)CC1)N1C(=O)S/C(=C\c2ccc3c(c2)=C[N+]=3Cc2ccc(Cl)cc2C(F)(F)F)C1=O. The van der Waals surface area contributed by atoms with Gasteiger partial charge < -0.3 is 14.4 Å². The van der Waals surface area contributed by atoms with Gasteiger partial charge in [0.05, 0.1) is 17.6 Å². The minimum Gasteiger partial charge on any atom is -0.467 e. The molecule has 244 valence electrons. The fraction of sp³-hybridized carbons (Fsp3) is 0.406. The number of esters is 1. The Kier molecular flexibility index (Phi) is 9.29. The Balaban J connectivity index is 1.32. The molecule has 3 aliphatic heterocycles. The Hall–Kier alpha value is -3.84. The van der Waals surface area contributed by atoms with Crippen molar-refractivity contribution >= 4 is 58.8 Å². The number of alkyl halides is 3. The van der Waals surface area contributed by atoms with Crippen molar-refractivity contribution in [3.05, 3.63) is 73.6 Å². The molecule has 5 rings (SSSR count). The van der Waals surface area contributed by atoms with Crippen molar-refractivity contribution < 1.29 is 41.8 Å². The molecular formula is C32H32ClF3N3O6S+. The topological polar surface area (TPSA) is 96.2 Å². The van der Waals surface area contributed by atoms with Gasteiger partial charge in [0.25, 0.3) is 11.1 Å². The second-order valence-corrected chi connectivity index (χ2v) is 13.6. The molecule has 14 heteroatoms.